The summed E-state index contributed by atoms with van der Waals surface area (Å²) < 4.78 is 2.06. The predicted octanol–water partition coefficient (Wildman–Crippen LogP) is 1.13. The molecule has 3 aromatic heterocycles. The fraction of sp³-hybridized carbons (Fsp3) is 0.400. The largest absolute Gasteiger partial charge is 0.329 e. The Hall–Kier alpha value is -2.77. The molecule has 1 amide bonds. The summed E-state index contributed by atoms with van der Waals surface area (Å²) >= 11 is 0. The molecule has 8 nitrogen and oxygen atoms in total. The molecule has 0 aliphatic carbocycles. The van der Waals surface area contributed by atoms with Gasteiger partial charge in [0.05, 0.1) is 17.5 Å². The van der Waals surface area contributed by atoms with Crippen LogP contribution >= 0.6 is 0 Å². The topological polar surface area (TPSA) is 92.6 Å². The van der Waals surface area contributed by atoms with Crippen molar-refractivity contribution in [2.45, 2.75) is 33.9 Å². The van der Waals surface area contributed by atoms with Gasteiger partial charge in [-0.25, -0.2) is 4.98 Å². The lowest BCUT2D eigenvalue weighted by atomic mass is 10.1. The molecule has 8 heteroatoms. The summed E-state index contributed by atoms with van der Waals surface area (Å²) in [5, 5.41) is 16.1. The van der Waals surface area contributed by atoms with Gasteiger partial charge in [0.15, 0.2) is 11.5 Å². The predicted molar refractivity (Wildman–Crippen MR) is 82.9 cm³/mol. The van der Waals surface area contributed by atoms with Crippen molar-refractivity contribution in [3.05, 3.63) is 34.7 Å². The molecule has 23 heavy (non-hydrogen) atoms. The van der Waals surface area contributed by atoms with E-state index in [0.717, 1.165) is 35.0 Å². The molecular weight excluding hydrogens is 294 g/mol. The first kappa shape index (κ1) is 13.9. The summed E-state index contributed by atoms with van der Waals surface area (Å²) in [4.78, 5) is 19.2. The molecule has 118 valence electrons. The third kappa shape index (κ3) is 2.09. The Labute approximate surface area is 132 Å². The molecule has 0 aromatic carbocycles. The number of carbonyl (C=O) groups is 1. The summed E-state index contributed by atoms with van der Waals surface area (Å²) in [5.74, 6) is 1.70. The van der Waals surface area contributed by atoms with Crippen LogP contribution in [-0.4, -0.2) is 47.3 Å². The first-order valence-electron chi connectivity index (χ1n) is 7.55. The number of carbonyl (C=O) groups excluding carboxylic acids is 1. The van der Waals surface area contributed by atoms with Crippen LogP contribution in [0.25, 0.3) is 11.0 Å². The molecule has 0 unspecified atom stereocenters. The maximum absolute atomic E-state index is 13.0. The van der Waals surface area contributed by atoms with E-state index in [1.165, 1.54) is 0 Å². The van der Waals surface area contributed by atoms with E-state index in [2.05, 4.69) is 29.9 Å². The molecule has 4 rings (SSSR count). The molecule has 0 atom stereocenters. The van der Waals surface area contributed by atoms with Crippen LogP contribution < -0.4 is 0 Å². The Bertz CT molecular complexity index is 923. The summed E-state index contributed by atoms with van der Waals surface area (Å²) in [6, 6.07) is 1.83. The van der Waals surface area contributed by atoms with Crippen LogP contribution in [0.2, 0.25) is 0 Å². The molecule has 1 aliphatic rings. The molecule has 0 saturated heterocycles. The summed E-state index contributed by atoms with van der Waals surface area (Å²) in [6.45, 7) is 7.54. The quantitative estimate of drug-likeness (QED) is 0.727. The zero-order valence-electron chi connectivity index (χ0n) is 13.3. The minimum Gasteiger partial charge on any atom is -0.329 e. The van der Waals surface area contributed by atoms with Gasteiger partial charge in [0.1, 0.15) is 5.82 Å². The van der Waals surface area contributed by atoms with Gasteiger partial charge in [0, 0.05) is 24.5 Å². The number of nitrogens with one attached hydrogen (secondary N) is 1. The third-order valence-electron chi connectivity index (χ3n) is 4.29. The maximum atomic E-state index is 13.0. The van der Waals surface area contributed by atoms with Gasteiger partial charge in [-0.3, -0.25) is 9.89 Å². The van der Waals surface area contributed by atoms with Gasteiger partial charge in [0.2, 0.25) is 0 Å². The zero-order chi connectivity index (χ0) is 16.1. The lowest BCUT2D eigenvalue weighted by Gasteiger charge is -2.28. The first-order valence-corrected chi connectivity index (χ1v) is 7.55. The fourth-order valence-electron chi connectivity index (χ4n) is 3.12. The van der Waals surface area contributed by atoms with E-state index in [4.69, 9.17) is 0 Å². The van der Waals surface area contributed by atoms with Crippen molar-refractivity contribution in [1.29, 1.82) is 0 Å². The van der Waals surface area contributed by atoms with E-state index in [9.17, 15) is 4.79 Å². The highest BCUT2D eigenvalue weighted by atomic mass is 16.2. The average molecular weight is 311 g/mol. The monoisotopic (exact) mass is 311 g/mol. The number of rotatable bonds is 1. The Morgan fingerprint density at radius 2 is 2.04 bits per heavy atom. The average Bonchev–Trinajstić information content (AvgIpc) is 3.09. The van der Waals surface area contributed by atoms with Crippen LogP contribution in [-0.2, 0) is 13.1 Å². The highest BCUT2D eigenvalue weighted by Gasteiger charge is 2.26. The number of fused-ring (bicyclic) bond motifs is 2. The SMILES string of the molecule is Cc1cc(C(=O)N2CCn3c(C)nnc3C2)c2c(C)[nH]nc2n1. The van der Waals surface area contributed by atoms with Crippen molar-refractivity contribution < 1.29 is 4.79 Å². The number of aromatic nitrogens is 6. The maximum Gasteiger partial charge on any atom is 0.255 e. The Balaban J connectivity index is 1.74. The number of amides is 1. The Kier molecular flexibility index (Phi) is 2.93. The van der Waals surface area contributed by atoms with Gasteiger partial charge in [0.25, 0.3) is 5.91 Å². The highest BCUT2D eigenvalue weighted by molar-refractivity contribution is 6.06. The first-order chi connectivity index (χ1) is 11.0. The van der Waals surface area contributed by atoms with E-state index in [1.54, 1.807) is 0 Å². The van der Waals surface area contributed by atoms with E-state index in [-0.39, 0.29) is 5.91 Å². The van der Waals surface area contributed by atoms with Gasteiger partial charge in [-0.1, -0.05) is 0 Å². The number of hydrogen-bond donors (Lipinski definition) is 1. The Morgan fingerprint density at radius 3 is 2.87 bits per heavy atom. The number of hydrogen-bond acceptors (Lipinski definition) is 5. The molecule has 4 heterocycles. The van der Waals surface area contributed by atoms with Crippen LogP contribution in [0.5, 0.6) is 0 Å². The minimum absolute atomic E-state index is 0.0168. The third-order valence-corrected chi connectivity index (χ3v) is 4.29. The number of nitrogens with zero attached hydrogens (tertiary/aromatic N) is 6. The molecule has 0 saturated carbocycles. The normalized spacial score (nSPS) is 14.3. The zero-order valence-corrected chi connectivity index (χ0v) is 13.3. The molecule has 0 spiro atoms. The van der Waals surface area contributed by atoms with Gasteiger partial charge in [-0.2, -0.15) is 5.10 Å². The van der Waals surface area contributed by atoms with Crippen molar-refractivity contribution >= 4 is 16.9 Å². The van der Waals surface area contributed by atoms with E-state index < -0.39 is 0 Å². The molecule has 0 radical (unpaired) electrons. The molecule has 0 bridgehead atoms. The lowest BCUT2D eigenvalue weighted by molar-refractivity contribution is 0.0708. The van der Waals surface area contributed by atoms with Gasteiger partial charge >= 0.3 is 0 Å². The fourth-order valence-corrected chi connectivity index (χ4v) is 3.12. The lowest BCUT2D eigenvalue weighted by Crippen LogP contribution is -2.38. The van der Waals surface area contributed by atoms with E-state index >= 15 is 0 Å². The van der Waals surface area contributed by atoms with Crippen LogP contribution in [0.3, 0.4) is 0 Å². The summed E-state index contributed by atoms with van der Waals surface area (Å²) in [7, 11) is 0. The van der Waals surface area contributed by atoms with Crippen LogP contribution in [0.1, 0.15) is 33.4 Å². The number of pyridine rings is 1. The number of aromatic amines is 1. The second kappa shape index (κ2) is 4.87. The van der Waals surface area contributed by atoms with Gasteiger partial charge < -0.3 is 9.47 Å². The highest BCUT2D eigenvalue weighted by Crippen LogP contribution is 2.23. The van der Waals surface area contributed by atoms with Crippen LogP contribution in [0.15, 0.2) is 6.07 Å². The molecule has 3 aromatic rings. The number of H-pyrrole nitrogens is 1. The van der Waals surface area contributed by atoms with Crippen molar-refractivity contribution in [3.8, 4) is 0 Å². The van der Waals surface area contributed by atoms with E-state index in [0.29, 0.717) is 24.3 Å². The smallest absolute Gasteiger partial charge is 0.255 e. The van der Waals surface area contributed by atoms with Crippen LogP contribution in [0, 0.1) is 20.8 Å². The number of aryl methyl sites for hydroxylation is 3. The van der Waals surface area contributed by atoms with Crippen molar-refractivity contribution in [2.75, 3.05) is 6.54 Å². The minimum atomic E-state index is -0.0168. The van der Waals surface area contributed by atoms with Gasteiger partial charge in [-0.15, -0.1) is 10.2 Å². The summed E-state index contributed by atoms with van der Waals surface area (Å²) in [5.41, 5.74) is 2.86. The van der Waals surface area contributed by atoms with Crippen molar-refractivity contribution in [3.63, 3.8) is 0 Å². The molecular formula is C15H17N7O. The summed E-state index contributed by atoms with van der Waals surface area (Å²) in [6.07, 6.45) is 0. The molecule has 1 aliphatic heterocycles. The van der Waals surface area contributed by atoms with Crippen molar-refractivity contribution in [1.82, 2.24) is 34.8 Å². The standard InChI is InChI=1S/C15H17N7O/c1-8-6-11(13-9(2)17-20-14(13)16-8)15(23)21-4-5-22-10(3)18-19-12(22)7-21/h6H,4-5,7H2,1-3H3,(H,16,17,20). The van der Waals surface area contributed by atoms with E-state index in [1.807, 2.05) is 31.7 Å². The second-order valence-corrected chi connectivity index (χ2v) is 5.90. The molecule has 0 fully saturated rings. The van der Waals surface area contributed by atoms with Gasteiger partial charge in [-0.05, 0) is 26.8 Å². The second-order valence-electron chi connectivity index (χ2n) is 5.90. The van der Waals surface area contributed by atoms with Crippen LogP contribution in [0.4, 0.5) is 0 Å². The Morgan fingerprint density at radius 1 is 1.22 bits per heavy atom. The van der Waals surface area contributed by atoms with Crippen molar-refractivity contribution in [2.24, 2.45) is 0 Å². The molecule has 1 N–H and O–H groups in total.